The predicted molar refractivity (Wildman–Crippen MR) is 96.8 cm³/mol. The van der Waals surface area contributed by atoms with Gasteiger partial charge in [-0.25, -0.2) is 9.37 Å². The molecule has 1 heterocycles. The van der Waals surface area contributed by atoms with Crippen molar-refractivity contribution in [3.8, 4) is 5.75 Å². The van der Waals surface area contributed by atoms with Crippen molar-refractivity contribution in [3.63, 3.8) is 0 Å². The average molecular weight is 406 g/mol. The third-order valence-electron chi connectivity index (χ3n) is 3.75. The standard InChI is InChI=1S/C18H17BrFN3O2/c1-11(25-16-8-7-12(20)9-13(16)19)18(24)23(2)10-17-21-14-5-3-4-6-15(14)22-17/h3-9,11H,10H2,1-2H3,(H,21,22). The van der Waals surface area contributed by atoms with Crippen molar-refractivity contribution >= 4 is 32.9 Å². The van der Waals surface area contributed by atoms with Crippen LogP contribution in [0.15, 0.2) is 46.9 Å². The molecule has 1 aromatic heterocycles. The van der Waals surface area contributed by atoms with Crippen LogP contribution in [0.2, 0.25) is 0 Å². The predicted octanol–water partition coefficient (Wildman–Crippen LogP) is 3.89. The largest absolute Gasteiger partial charge is 0.480 e. The van der Waals surface area contributed by atoms with Gasteiger partial charge in [-0.3, -0.25) is 4.79 Å². The number of hydrogen-bond donors (Lipinski definition) is 1. The molecule has 0 spiro atoms. The van der Waals surface area contributed by atoms with Gasteiger partial charge in [-0.1, -0.05) is 12.1 Å². The Balaban J connectivity index is 1.66. The lowest BCUT2D eigenvalue weighted by Crippen LogP contribution is -2.37. The number of hydrogen-bond acceptors (Lipinski definition) is 3. The Morgan fingerprint density at radius 1 is 1.36 bits per heavy atom. The fourth-order valence-corrected chi connectivity index (χ4v) is 2.95. The number of likely N-dealkylation sites (N-methyl/N-ethyl adjacent to an activating group) is 1. The number of aromatic nitrogens is 2. The second-order valence-corrected chi connectivity index (χ2v) is 6.58. The molecule has 5 nitrogen and oxygen atoms in total. The van der Waals surface area contributed by atoms with E-state index in [0.717, 1.165) is 11.0 Å². The maximum absolute atomic E-state index is 13.1. The second-order valence-electron chi connectivity index (χ2n) is 5.73. The molecule has 130 valence electrons. The van der Waals surface area contributed by atoms with Crippen LogP contribution in [0.25, 0.3) is 11.0 Å². The summed E-state index contributed by atoms with van der Waals surface area (Å²) in [5, 5.41) is 0. The molecule has 0 aliphatic heterocycles. The number of para-hydroxylation sites is 2. The van der Waals surface area contributed by atoms with Crippen molar-refractivity contribution in [2.24, 2.45) is 0 Å². The van der Waals surface area contributed by atoms with Crippen LogP contribution < -0.4 is 4.74 Å². The maximum atomic E-state index is 13.1. The summed E-state index contributed by atoms with van der Waals surface area (Å²) in [5.41, 5.74) is 1.79. The van der Waals surface area contributed by atoms with Crippen molar-refractivity contribution in [2.75, 3.05) is 7.05 Å². The Labute approximate surface area is 152 Å². The normalized spacial score (nSPS) is 12.2. The van der Waals surface area contributed by atoms with Crippen LogP contribution >= 0.6 is 15.9 Å². The van der Waals surface area contributed by atoms with Gasteiger partial charge in [0.05, 0.1) is 22.1 Å². The summed E-state index contributed by atoms with van der Waals surface area (Å²) >= 11 is 3.23. The van der Waals surface area contributed by atoms with Gasteiger partial charge in [0.2, 0.25) is 0 Å². The number of ether oxygens (including phenoxy) is 1. The number of aromatic amines is 1. The highest BCUT2D eigenvalue weighted by Crippen LogP contribution is 2.26. The van der Waals surface area contributed by atoms with Crippen molar-refractivity contribution < 1.29 is 13.9 Å². The molecule has 1 atom stereocenters. The minimum Gasteiger partial charge on any atom is -0.480 e. The van der Waals surface area contributed by atoms with Crippen LogP contribution in [0, 0.1) is 5.82 Å². The van der Waals surface area contributed by atoms with Gasteiger partial charge in [-0.2, -0.15) is 0 Å². The zero-order valence-electron chi connectivity index (χ0n) is 13.8. The molecule has 7 heteroatoms. The molecule has 1 amide bonds. The van der Waals surface area contributed by atoms with Gasteiger partial charge >= 0.3 is 0 Å². The number of nitrogens with zero attached hydrogens (tertiary/aromatic N) is 2. The summed E-state index contributed by atoms with van der Waals surface area (Å²) in [5.74, 6) is 0.545. The summed E-state index contributed by atoms with van der Waals surface area (Å²) in [6.07, 6.45) is -0.712. The Morgan fingerprint density at radius 2 is 2.12 bits per heavy atom. The number of fused-ring (bicyclic) bond motifs is 1. The van der Waals surface area contributed by atoms with Crippen LogP contribution in [0.3, 0.4) is 0 Å². The molecule has 1 unspecified atom stereocenters. The molecule has 3 rings (SSSR count). The van der Waals surface area contributed by atoms with Gasteiger partial charge in [-0.15, -0.1) is 0 Å². The summed E-state index contributed by atoms with van der Waals surface area (Å²) in [6, 6.07) is 11.8. The number of carbonyl (C=O) groups is 1. The summed E-state index contributed by atoms with van der Waals surface area (Å²) in [6.45, 7) is 2.00. The van der Waals surface area contributed by atoms with E-state index < -0.39 is 6.10 Å². The Morgan fingerprint density at radius 3 is 2.84 bits per heavy atom. The van der Waals surface area contributed by atoms with E-state index in [4.69, 9.17) is 4.74 Å². The molecule has 0 bridgehead atoms. The molecular weight excluding hydrogens is 389 g/mol. The number of halogens is 2. The highest BCUT2D eigenvalue weighted by Gasteiger charge is 2.21. The van der Waals surface area contributed by atoms with E-state index in [-0.39, 0.29) is 11.7 Å². The molecular formula is C18H17BrFN3O2. The Kier molecular flexibility index (Phi) is 5.03. The maximum Gasteiger partial charge on any atom is 0.263 e. The van der Waals surface area contributed by atoms with Crippen molar-refractivity contribution in [3.05, 3.63) is 58.6 Å². The second kappa shape index (κ2) is 7.23. The van der Waals surface area contributed by atoms with E-state index in [1.165, 1.54) is 18.2 Å². The Bertz CT molecular complexity index is 879. The first-order valence-corrected chi connectivity index (χ1v) is 8.53. The quantitative estimate of drug-likeness (QED) is 0.700. The van der Waals surface area contributed by atoms with Crippen LogP contribution in [-0.4, -0.2) is 33.9 Å². The van der Waals surface area contributed by atoms with Gasteiger partial charge < -0.3 is 14.6 Å². The van der Waals surface area contributed by atoms with E-state index >= 15 is 0 Å². The van der Waals surface area contributed by atoms with Crippen molar-refractivity contribution in [1.29, 1.82) is 0 Å². The number of benzene rings is 2. The van der Waals surface area contributed by atoms with Gasteiger partial charge in [0.1, 0.15) is 17.4 Å². The fourth-order valence-electron chi connectivity index (χ4n) is 2.51. The smallest absolute Gasteiger partial charge is 0.263 e. The lowest BCUT2D eigenvalue weighted by atomic mass is 10.3. The zero-order valence-corrected chi connectivity index (χ0v) is 15.4. The summed E-state index contributed by atoms with van der Waals surface area (Å²) in [7, 11) is 1.69. The van der Waals surface area contributed by atoms with E-state index in [1.807, 2.05) is 24.3 Å². The fraction of sp³-hybridized carbons (Fsp3) is 0.222. The number of carbonyl (C=O) groups excluding carboxylic acids is 1. The van der Waals surface area contributed by atoms with Gasteiger partial charge in [0.15, 0.2) is 6.10 Å². The highest BCUT2D eigenvalue weighted by molar-refractivity contribution is 9.10. The van der Waals surface area contributed by atoms with Crippen LogP contribution in [0.1, 0.15) is 12.7 Å². The first kappa shape index (κ1) is 17.4. The molecule has 0 aliphatic carbocycles. The van der Waals surface area contributed by atoms with Crippen LogP contribution in [-0.2, 0) is 11.3 Å². The number of rotatable bonds is 5. The van der Waals surface area contributed by atoms with Crippen LogP contribution in [0.5, 0.6) is 5.75 Å². The summed E-state index contributed by atoms with van der Waals surface area (Å²) < 4.78 is 19.2. The first-order chi connectivity index (χ1) is 11.9. The summed E-state index contributed by atoms with van der Waals surface area (Å²) in [4.78, 5) is 21.7. The van der Waals surface area contributed by atoms with Crippen molar-refractivity contribution in [2.45, 2.75) is 19.6 Å². The first-order valence-electron chi connectivity index (χ1n) is 7.74. The van der Waals surface area contributed by atoms with E-state index in [2.05, 4.69) is 25.9 Å². The SMILES string of the molecule is CC(Oc1ccc(F)cc1Br)C(=O)N(C)Cc1nc2ccccc2[nH]1. The monoisotopic (exact) mass is 405 g/mol. The number of H-pyrrole nitrogens is 1. The molecule has 1 N–H and O–H groups in total. The Hall–Kier alpha value is -2.41. The van der Waals surface area contributed by atoms with Gasteiger partial charge in [-0.05, 0) is 53.2 Å². The average Bonchev–Trinajstić information content (AvgIpc) is 2.98. The third kappa shape index (κ3) is 3.99. The molecule has 2 aromatic carbocycles. The topological polar surface area (TPSA) is 58.2 Å². The van der Waals surface area contributed by atoms with Gasteiger partial charge in [0.25, 0.3) is 5.91 Å². The zero-order chi connectivity index (χ0) is 18.0. The highest BCUT2D eigenvalue weighted by atomic mass is 79.9. The minimum absolute atomic E-state index is 0.198. The number of imidazole rings is 1. The van der Waals surface area contributed by atoms with E-state index in [9.17, 15) is 9.18 Å². The van der Waals surface area contributed by atoms with E-state index in [1.54, 1.807) is 18.9 Å². The number of amides is 1. The number of nitrogens with one attached hydrogen (secondary N) is 1. The molecule has 25 heavy (non-hydrogen) atoms. The van der Waals surface area contributed by atoms with Crippen LogP contribution in [0.4, 0.5) is 4.39 Å². The molecule has 0 aliphatic rings. The molecule has 0 fully saturated rings. The van der Waals surface area contributed by atoms with E-state index in [0.29, 0.717) is 22.6 Å². The molecule has 3 aromatic rings. The van der Waals surface area contributed by atoms with Crippen molar-refractivity contribution in [1.82, 2.24) is 14.9 Å². The minimum atomic E-state index is -0.712. The lowest BCUT2D eigenvalue weighted by Gasteiger charge is -2.21. The molecule has 0 saturated carbocycles. The third-order valence-corrected chi connectivity index (χ3v) is 4.37. The van der Waals surface area contributed by atoms with Gasteiger partial charge in [0, 0.05) is 7.05 Å². The lowest BCUT2D eigenvalue weighted by molar-refractivity contribution is -0.137. The molecule has 0 saturated heterocycles. The molecule has 0 radical (unpaired) electrons.